The van der Waals surface area contributed by atoms with E-state index < -0.39 is 34.9 Å². The second kappa shape index (κ2) is 8.27. The van der Waals surface area contributed by atoms with Gasteiger partial charge in [-0.1, -0.05) is 0 Å². The van der Waals surface area contributed by atoms with Crippen LogP contribution in [0, 0.1) is 11.3 Å². The number of fused-ring (bicyclic) bond motifs is 1. The maximum atomic E-state index is 13.7. The number of carbonyl (C=O) groups excluding carboxylic acids is 2. The van der Waals surface area contributed by atoms with Gasteiger partial charge in [0.2, 0.25) is 0 Å². The quantitative estimate of drug-likeness (QED) is 0.532. The lowest BCUT2D eigenvalue weighted by Crippen LogP contribution is -2.55. The van der Waals surface area contributed by atoms with Crippen molar-refractivity contribution in [2.45, 2.75) is 49.9 Å². The number of aromatic nitrogens is 3. The summed E-state index contributed by atoms with van der Waals surface area (Å²) < 4.78 is 42.6. The zero-order chi connectivity index (χ0) is 25.9. The Morgan fingerprint density at radius 2 is 1.86 bits per heavy atom. The monoisotopic (exact) mass is 509 g/mol. The van der Waals surface area contributed by atoms with E-state index >= 15 is 0 Å². The van der Waals surface area contributed by atoms with Gasteiger partial charge >= 0.3 is 12.2 Å². The highest BCUT2D eigenvalue weighted by Crippen LogP contribution is 2.48. The lowest BCUT2D eigenvalue weighted by molar-refractivity contribution is -0.138. The summed E-state index contributed by atoms with van der Waals surface area (Å²) in [7, 11) is 0. The fourth-order valence-corrected chi connectivity index (χ4v) is 5.52. The van der Waals surface area contributed by atoms with E-state index in [-0.39, 0.29) is 11.7 Å². The fourth-order valence-electron chi connectivity index (χ4n) is 5.52. The highest BCUT2D eigenvalue weighted by atomic mass is 19.4. The first-order chi connectivity index (χ1) is 17.7. The van der Waals surface area contributed by atoms with Gasteiger partial charge in [0.15, 0.2) is 5.69 Å². The molecular formula is C25H22F3N7O2. The molecule has 4 heterocycles. The lowest BCUT2D eigenvalue weighted by atomic mass is 9.75. The smallest absolute Gasteiger partial charge is 0.317 e. The van der Waals surface area contributed by atoms with E-state index in [1.807, 2.05) is 10.9 Å². The van der Waals surface area contributed by atoms with Crippen molar-refractivity contribution >= 4 is 34.2 Å². The number of pyridine rings is 1. The molecule has 0 bridgehead atoms. The first kappa shape index (κ1) is 23.4. The van der Waals surface area contributed by atoms with Crippen molar-refractivity contribution in [2.75, 3.05) is 22.9 Å². The van der Waals surface area contributed by atoms with Crippen LogP contribution >= 0.6 is 0 Å². The highest BCUT2D eigenvalue weighted by Gasteiger charge is 2.61. The average molecular weight is 509 g/mol. The third-order valence-electron chi connectivity index (χ3n) is 7.58. The number of nitriles is 1. The average Bonchev–Trinajstić information content (AvgIpc) is 3.39. The summed E-state index contributed by atoms with van der Waals surface area (Å²) in [6.45, 7) is 1.82. The molecule has 37 heavy (non-hydrogen) atoms. The summed E-state index contributed by atoms with van der Waals surface area (Å²) in [6.07, 6.45) is 1.44. The molecule has 2 aromatic heterocycles. The zero-order valence-corrected chi connectivity index (χ0v) is 19.6. The van der Waals surface area contributed by atoms with Crippen molar-refractivity contribution in [1.29, 1.82) is 5.26 Å². The van der Waals surface area contributed by atoms with Crippen molar-refractivity contribution in [1.82, 2.24) is 20.1 Å². The number of alkyl halides is 3. The molecule has 12 heteroatoms. The van der Waals surface area contributed by atoms with Crippen molar-refractivity contribution in [3.05, 3.63) is 47.9 Å². The van der Waals surface area contributed by atoms with E-state index in [9.17, 15) is 22.8 Å². The van der Waals surface area contributed by atoms with Gasteiger partial charge in [-0.15, -0.1) is 0 Å². The van der Waals surface area contributed by atoms with Crippen LogP contribution in [0.15, 0.2) is 36.7 Å². The molecule has 2 saturated heterocycles. The number of amides is 3. The van der Waals surface area contributed by atoms with E-state index in [0.717, 1.165) is 47.9 Å². The summed E-state index contributed by atoms with van der Waals surface area (Å²) in [6, 6.07) is 6.90. The predicted octanol–water partition coefficient (Wildman–Crippen LogP) is 4.14. The summed E-state index contributed by atoms with van der Waals surface area (Å²) in [5.74, 6) is -0.589. The molecule has 9 nitrogen and oxygen atoms in total. The van der Waals surface area contributed by atoms with Crippen LogP contribution in [0.3, 0.4) is 0 Å². The van der Waals surface area contributed by atoms with Crippen LogP contribution in [-0.4, -0.2) is 45.3 Å². The Bertz CT molecular complexity index is 1470. The molecule has 3 aliphatic rings. The van der Waals surface area contributed by atoms with Crippen LogP contribution in [0.5, 0.6) is 0 Å². The minimum absolute atomic E-state index is 0.271. The third-order valence-corrected chi connectivity index (χ3v) is 7.58. The zero-order valence-electron chi connectivity index (χ0n) is 19.6. The van der Waals surface area contributed by atoms with Crippen molar-refractivity contribution in [3.8, 4) is 6.07 Å². The number of halogens is 3. The number of nitrogens with zero attached hydrogens (tertiary/aromatic N) is 6. The summed E-state index contributed by atoms with van der Waals surface area (Å²) in [5.41, 5.74) is -2.35. The summed E-state index contributed by atoms with van der Waals surface area (Å²) >= 11 is 0. The number of benzene rings is 1. The molecule has 2 aliphatic heterocycles. The molecule has 190 valence electrons. The molecule has 3 aromatic rings. The van der Waals surface area contributed by atoms with Gasteiger partial charge in [0.05, 0.1) is 29.0 Å². The van der Waals surface area contributed by atoms with E-state index in [1.165, 1.54) is 11.0 Å². The van der Waals surface area contributed by atoms with Gasteiger partial charge in [-0.25, -0.2) is 14.7 Å². The maximum absolute atomic E-state index is 13.7. The van der Waals surface area contributed by atoms with Gasteiger partial charge < -0.3 is 5.32 Å². The van der Waals surface area contributed by atoms with Gasteiger partial charge in [-0.05, 0) is 69.5 Å². The van der Waals surface area contributed by atoms with Gasteiger partial charge in [0.1, 0.15) is 11.6 Å². The number of imide groups is 1. The molecule has 1 saturated carbocycles. The molecule has 0 radical (unpaired) electrons. The predicted molar refractivity (Wildman–Crippen MR) is 127 cm³/mol. The van der Waals surface area contributed by atoms with E-state index in [4.69, 9.17) is 5.26 Å². The van der Waals surface area contributed by atoms with E-state index in [2.05, 4.69) is 15.4 Å². The van der Waals surface area contributed by atoms with Gasteiger partial charge in [0, 0.05) is 17.3 Å². The SMILES string of the molecule is N#Cc1ncc(N2C(=O)N(c3ccc4nn(C5CCNCC5)cc4c3)C3(CCC3)C2=O)cc1C(F)(F)F. The van der Waals surface area contributed by atoms with Gasteiger partial charge in [0.25, 0.3) is 5.91 Å². The molecule has 1 aromatic carbocycles. The molecule has 1 aliphatic carbocycles. The van der Waals surface area contributed by atoms with Crippen molar-refractivity contribution < 1.29 is 22.8 Å². The third kappa shape index (κ3) is 3.56. The lowest BCUT2D eigenvalue weighted by Gasteiger charge is -2.42. The standard InChI is InChI=1S/C25H22F3N7O2/c26-25(27,28)19-11-18(13-31-21(19)12-29)34-22(36)24(6-1-7-24)35(23(34)37)17-2-3-20-15(10-17)14-33(32-20)16-4-8-30-9-5-16/h2-3,10-11,13-14,16,30H,1,4-9H2. The first-order valence-electron chi connectivity index (χ1n) is 12.1. The Balaban J connectivity index is 1.39. The Kier molecular flexibility index (Phi) is 5.24. The summed E-state index contributed by atoms with van der Waals surface area (Å²) in [4.78, 5) is 33.0. The van der Waals surface area contributed by atoms with Crippen LogP contribution in [0.1, 0.15) is 49.4 Å². The van der Waals surface area contributed by atoms with Crippen molar-refractivity contribution in [3.63, 3.8) is 0 Å². The molecule has 3 amide bonds. The normalized spacial score (nSPS) is 20.1. The number of nitrogens with one attached hydrogen (secondary N) is 1. The van der Waals surface area contributed by atoms with Gasteiger partial charge in [-0.2, -0.15) is 23.5 Å². The van der Waals surface area contributed by atoms with Crippen LogP contribution in [0.4, 0.5) is 29.3 Å². The van der Waals surface area contributed by atoms with Crippen LogP contribution in [0.2, 0.25) is 0 Å². The molecule has 1 spiro atoms. The van der Waals surface area contributed by atoms with Crippen LogP contribution in [-0.2, 0) is 11.0 Å². The summed E-state index contributed by atoms with van der Waals surface area (Å²) in [5, 5.41) is 17.9. The molecule has 6 rings (SSSR count). The minimum atomic E-state index is -4.87. The topological polar surface area (TPSA) is 107 Å². The number of urea groups is 1. The molecular weight excluding hydrogens is 487 g/mol. The largest absolute Gasteiger partial charge is 0.419 e. The number of anilines is 2. The number of hydrogen-bond acceptors (Lipinski definition) is 6. The molecule has 1 N–H and O–H groups in total. The second-order valence-electron chi connectivity index (χ2n) is 9.68. The number of rotatable bonds is 3. The number of hydrogen-bond donors (Lipinski definition) is 1. The Morgan fingerprint density at radius 3 is 2.51 bits per heavy atom. The molecule has 0 unspecified atom stereocenters. The van der Waals surface area contributed by atoms with Crippen molar-refractivity contribution in [2.24, 2.45) is 0 Å². The van der Waals surface area contributed by atoms with Crippen LogP contribution in [0.25, 0.3) is 10.9 Å². The first-order valence-corrected chi connectivity index (χ1v) is 12.1. The number of carbonyl (C=O) groups is 2. The Labute approximate surface area is 209 Å². The molecule has 3 fully saturated rings. The highest BCUT2D eigenvalue weighted by molar-refractivity contribution is 6.31. The van der Waals surface area contributed by atoms with Gasteiger partial charge in [-0.3, -0.25) is 14.4 Å². The van der Waals surface area contributed by atoms with E-state index in [0.29, 0.717) is 31.0 Å². The fraction of sp³-hybridized carbons (Fsp3) is 0.400. The van der Waals surface area contributed by atoms with E-state index in [1.54, 1.807) is 18.2 Å². The second-order valence-corrected chi connectivity index (χ2v) is 9.68. The van der Waals surface area contributed by atoms with Crippen LogP contribution < -0.4 is 15.1 Å². The number of piperidine rings is 1. The Hall–Kier alpha value is -3.98. The maximum Gasteiger partial charge on any atom is 0.419 e. The minimum Gasteiger partial charge on any atom is -0.317 e. The molecule has 0 atom stereocenters. The Morgan fingerprint density at radius 1 is 1.11 bits per heavy atom.